The third-order valence-corrected chi connectivity index (χ3v) is 10.8. The molecule has 6 aromatic rings. The molecule has 0 bridgehead atoms. The van der Waals surface area contributed by atoms with Crippen LogP contribution in [0.4, 0.5) is 17.1 Å². The van der Waals surface area contributed by atoms with E-state index in [1.165, 1.54) is 21.9 Å². The molecule has 3 nitrogen and oxygen atoms in total. The van der Waals surface area contributed by atoms with Gasteiger partial charge in [-0.15, -0.1) is 0 Å². The van der Waals surface area contributed by atoms with Crippen molar-refractivity contribution in [3.63, 3.8) is 0 Å². The van der Waals surface area contributed by atoms with Gasteiger partial charge in [0.2, 0.25) is 0 Å². The van der Waals surface area contributed by atoms with Crippen LogP contribution in [-0.4, -0.2) is 11.6 Å². The molecule has 224 valence electrons. The molecule has 6 aromatic carbocycles. The van der Waals surface area contributed by atoms with Crippen molar-refractivity contribution in [1.82, 2.24) is 0 Å². The molecule has 8 rings (SSSR count). The quantitative estimate of drug-likeness (QED) is 0.147. The topological polar surface area (TPSA) is 37.4 Å². The van der Waals surface area contributed by atoms with E-state index in [-0.39, 0.29) is 28.0 Å². The molecule has 1 aliphatic carbocycles. The maximum absolute atomic E-state index is 13.7. The van der Waals surface area contributed by atoms with Gasteiger partial charge in [-0.2, -0.15) is 0 Å². The van der Waals surface area contributed by atoms with Gasteiger partial charge in [-0.1, -0.05) is 113 Å². The first kappa shape index (κ1) is 28.2. The normalized spacial score (nSPS) is 16.3. The van der Waals surface area contributed by atoms with Gasteiger partial charge in [0.05, 0.1) is 11.3 Å². The fraction of sp³-hybridized carbons (Fsp3) is 0.163. The number of Topliss-reactive ketones (excluding diaryl/α,β-unsaturated/α-hetero) is 2. The fourth-order valence-electron chi connectivity index (χ4n) is 7.55. The summed E-state index contributed by atoms with van der Waals surface area (Å²) in [5.74, 6) is -0.415. The molecule has 2 aliphatic rings. The fourth-order valence-corrected chi connectivity index (χ4v) is 7.55. The van der Waals surface area contributed by atoms with Crippen LogP contribution in [0.3, 0.4) is 0 Å². The van der Waals surface area contributed by atoms with Crippen LogP contribution in [0.5, 0.6) is 0 Å². The minimum Gasteiger partial charge on any atom is -0.309 e. The van der Waals surface area contributed by atoms with E-state index in [1.54, 1.807) is 6.08 Å². The van der Waals surface area contributed by atoms with Crippen molar-refractivity contribution in [3.8, 4) is 0 Å². The van der Waals surface area contributed by atoms with Crippen molar-refractivity contribution in [3.05, 3.63) is 154 Å². The van der Waals surface area contributed by atoms with Gasteiger partial charge >= 0.3 is 0 Å². The van der Waals surface area contributed by atoms with E-state index in [0.29, 0.717) is 11.1 Å². The molecule has 0 N–H and O–H groups in total. The number of nitrogens with zero attached hydrogens (tertiary/aromatic N) is 1. The highest BCUT2D eigenvalue weighted by Gasteiger charge is 2.46. The highest BCUT2D eigenvalue weighted by Crippen LogP contribution is 2.56. The highest BCUT2D eigenvalue weighted by atomic mass is 16.2. The number of allylic oxidation sites excluding steroid dienone is 1. The summed E-state index contributed by atoms with van der Waals surface area (Å²) in [6.45, 7) is 11.5. The number of carbonyl (C=O) groups is 2. The summed E-state index contributed by atoms with van der Waals surface area (Å²) in [6.07, 6.45) is 1.80. The highest BCUT2D eigenvalue weighted by molar-refractivity contribution is 6.42. The number of benzene rings is 6. The van der Waals surface area contributed by atoms with E-state index in [9.17, 15) is 9.59 Å². The summed E-state index contributed by atoms with van der Waals surface area (Å²) in [4.78, 5) is 29.8. The minimum absolute atomic E-state index is 0.208. The molecular formula is C43H35NO2. The number of anilines is 3. The molecule has 0 radical (unpaired) electrons. The van der Waals surface area contributed by atoms with Crippen LogP contribution in [0.15, 0.2) is 121 Å². The van der Waals surface area contributed by atoms with Crippen LogP contribution in [-0.2, 0) is 10.8 Å². The van der Waals surface area contributed by atoms with Crippen molar-refractivity contribution in [2.75, 3.05) is 4.90 Å². The smallest absolute Gasteiger partial charge is 0.197 e. The predicted octanol–water partition coefficient (Wildman–Crippen LogP) is 10.8. The van der Waals surface area contributed by atoms with E-state index in [4.69, 9.17) is 0 Å². The number of hydrogen-bond acceptors (Lipinski definition) is 3. The van der Waals surface area contributed by atoms with Gasteiger partial charge in [0.25, 0.3) is 0 Å². The number of para-hydroxylation sites is 1. The molecule has 1 heterocycles. The van der Waals surface area contributed by atoms with E-state index >= 15 is 0 Å². The molecule has 46 heavy (non-hydrogen) atoms. The Morgan fingerprint density at radius 1 is 0.565 bits per heavy atom. The molecule has 0 spiro atoms. The lowest BCUT2D eigenvalue weighted by molar-refractivity contribution is 0.0990. The Bertz CT molecular complexity index is 2260. The van der Waals surface area contributed by atoms with E-state index in [0.717, 1.165) is 39.0 Å². The van der Waals surface area contributed by atoms with Crippen molar-refractivity contribution < 1.29 is 9.59 Å². The molecule has 0 saturated carbocycles. The van der Waals surface area contributed by atoms with Crippen molar-refractivity contribution >= 4 is 56.2 Å². The zero-order valence-electron chi connectivity index (χ0n) is 26.8. The Labute approximate surface area is 269 Å². The number of hydrogen-bond donors (Lipinski definition) is 0. The second-order valence-corrected chi connectivity index (χ2v) is 13.8. The number of ketones is 2. The summed E-state index contributed by atoms with van der Waals surface area (Å²) in [6, 6.07) is 39.7. The SMILES string of the molecule is Cc1ccc2ccccc2c1N1c2ccccc2C(C)(C)C(C)(C)c2cc(C=C3C(=O)c4cc5ccccc5cc4C3=O)ccc21. The number of rotatable bonds is 2. The Morgan fingerprint density at radius 3 is 1.83 bits per heavy atom. The maximum Gasteiger partial charge on any atom is 0.197 e. The second-order valence-electron chi connectivity index (χ2n) is 13.8. The van der Waals surface area contributed by atoms with Gasteiger partial charge in [-0.25, -0.2) is 0 Å². The Balaban J connectivity index is 1.36. The molecular weight excluding hydrogens is 562 g/mol. The van der Waals surface area contributed by atoms with Gasteiger partial charge in [0.1, 0.15) is 0 Å². The van der Waals surface area contributed by atoms with E-state index in [1.807, 2.05) is 36.4 Å². The monoisotopic (exact) mass is 597 g/mol. The van der Waals surface area contributed by atoms with Crippen LogP contribution in [0.2, 0.25) is 0 Å². The van der Waals surface area contributed by atoms with E-state index in [2.05, 4.69) is 118 Å². The van der Waals surface area contributed by atoms with E-state index < -0.39 is 0 Å². The average Bonchev–Trinajstić information content (AvgIpc) is 3.26. The van der Waals surface area contributed by atoms with Gasteiger partial charge in [-0.05, 0) is 81.7 Å². The minimum atomic E-state index is -0.315. The zero-order chi connectivity index (χ0) is 32.0. The van der Waals surface area contributed by atoms with Gasteiger partial charge in [0, 0.05) is 38.7 Å². The molecule has 0 saturated heterocycles. The summed E-state index contributed by atoms with van der Waals surface area (Å²) in [7, 11) is 0. The zero-order valence-corrected chi connectivity index (χ0v) is 26.8. The Morgan fingerprint density at radius 2 is 1.13 bits per heavy atom. The first-order valence-corrected chi connectivity index (χ1v) is 15.9. The first-order valence-electron chi connectivity index (χ1n) is 15.9. The predicted molar refractivity (Wildman–Crippen MR) is 190 cm³/mol. The van der Waals surface area contributed by atoms with Gasteiger partial charge in [0.15, 0.2) is 11.6 Å². The third kappa shape index (κ3) is 3.91. The van der Waals surface area contributed by atoms with Crippen molar-refractivity contribution in [2.45, 2.75) is 45.4 Å². The largest absolute Gasteiger partial charge is 0.309 e. The standard InChI is InChI=1S/C43H35NO2/c1-26-18-20-28-12-8-9-15-31(28)39(26)44-37-17-11-10-16-35(37)42(2,3)43(4,5)36-23-27(19-21-38(36)44)22-34-40(45)32-24-29-13-6-7-14-30(29)25-33(32)41(34)46/h6-25H,1-5H3. The van der Waals surface area contributed by atoms with Crippen LogP contribution in [0, 0.1) is 6.92 Å². The third-order valence-electron chi connectivity index (χ3n) is 10.8. The van der Waals surface area contributed by atoms with Gasteiger partial charge in [-0.3, -0.25) is 9.59 Å². The number of carbonyl (C=O) groups excluding carboxylic acids is 2. The summed E-state index contributed by atoms with van der Waals surface area (Å²) in [5, 5.41) is 4.30. The molecule has 0 fully saturated rings. The Hall–Kier alpha value is -5.28. The molecule has 0 unspecified atom stereocenters. The number of fused-ring (bicyclic) bond motifs is 5. The summed E-state index contributed by atoms with van der Waals surface area (Å²) >= 11 is 0. The number of aryl methyl sites for hydroxylation is 1. The lowest BCUT2D eigenvalue weighted by Gasteiger charge is -2.42. The maximum atomic E-state index is 13.7. The van der Waals surface area contributed by atoms with Crippen molar-refractivity contribution in [2.24, 2.45) is 0 Å². The Kier molecular flexibility index (Phi) is 6.05. The lowest BCUT2D eigenvalue weighted by atomic mass is 9.61. The second kappa shape index (κ2) is 9.86. The van der Waals surface area contributed by atoms with Gasteiger partial charge < -0.3 is 4.90 Å². The van der Waals surface area contributed by atoms with Crippen molar-refractivity contribution in [1.29, 1.82) is 0 Å². The molecule has 3 heteroatoms. The van der Waals surface area contributed by atoms with Crippen LogP contribution >= 0.6 is 0 Å². The lowest BCUT2D eigenvalue weighted by Crippen LogP contribution is -2.39. The van der Waals surface area contributed by atoms with Crippen LogP contribution in [0.1, 0.15) is 70.7 Å². The van der Waals surface area contributed by atoms with Crippen LogP contribution < -0.4 is 4.90 Å². The molecule has 0 aromatic heterocycles. The summed E-state index contributed by atoms with van der Waals surface area (Å²) in [5.41, 5.74) is 8.51. The first-order chi connectivity index (χ1) is 22.1. The van der Waals surface area contributed by atoms with Crippen LogP contribution in [0.25, 0.3) is 27.6 Å². The summed E-state index contributed by atoms with van der Waals surface area (Å²) < 4.78 is 0. The average molecular weight is 598 g/mol. The molecule has 0 atom stereocenters. The molecule has 0 amide bonds. The molecule has 1 aliphatic heterocycles.